The SMILES string of the molecule is CC[C@@H](C)Nc1nc(NCCOC23CC4CC(CC(C4)C2)C3)nc(OCC(F)(F)F)n1. The van der Waals surface area contributed by atoms with Gasteiger partial charge in [-0.05, 0) is 69.6 Å². The van der Waals surface area contributed by atoms with Crippen LogP contribution in [0.1, 0.15) is 58.8 Å². The second kappa shape index (κ2) is 8.96. The van der Waals surface area contributed by atoms with Gasteiger partial charge in [0.2, 0.25) is 11.9 Å². The highest BCUT2D eigenvalue weighted by molar-refractivity contribution is 5.36. The Kier molecular flexibility index (Phi) is 6.46. The lowest BCUT2D eigenvalue weighted by Crippen LogP contribution is -2.52. The maximum Gasteiger partial charge on any atom is 0.422 e. The smallest absolute Gasteiger partial charge is 0.422 e. The van der Waals surface area contributed by atoms with E-state index < -0.39 is 12.8 Å². The number of anilines is 2. The first kappa shape index (κ1) is 22.4. The fourth-order valence-electron chi connectivity index (χ4n) is 5.67. The van der Waals surface area contributed by atoms with Gasteiger partial charge in [0.25, 0.3) is 0 Å². The van der Waals surface area contributed by atoms with Crippen molar-refractivity contribution in [3.8, 4) is 6.01 Å². The molecule has 0 radical (unpaired) electrons. The zero-order valence-corrected chi connectivity index (χ0v) is 18.2. The van der Waals surface area contributed by atoms with Crippen molar-refractivity contribution >= 4 is 11.9 Å². The van der Waals surface area contributed by atoms with Crippen LogP contribution in [0.2, 0.25) is 0 Å². The molecule has 4 aliphatic rings. The van der Waals surface area contributed by atoms with E-state index in [1.807, 2.05) is 13.8 Å². The van der Waals surface area contributed by atoms with Gasteiger partial charge in [-0.1, -0.05) is 6.92 Å². The molecule has 0 saturated heterocycles. The normalized spacial score (nSPS) is 30.3. The Bertz CT molecular complexity index is 726. The first-order valence-electron chi connectivity index (χ1n) is 11.3. The third-order valence-corrected chi connectivity index (χ3v) is 6.74. The van der Waals surface area contributed by atoms with Crippen LogP contribution in [0.25, 0.3) is 0 Å². The molecule has 4 fully saturated rings. The molecule has 4 saturated carbocycles. The largest absolute Gasteiger partial charge is 0.454 e. The van der Waals surface area contributed by atoms with E-state index in [4.69, 9.17) is 9.47 Å². The van der Waals surface area contributed by atoms with Crippen LogP contribution in [0.5, 0.6) is 6.01 Å². The van der Waals surface area contributed by atoms with Gasteiger partial charge in [-0.25, -0.2) is 0 Å². The zero-order valence-electron chi connectivity index (χ0n) is 18.2. The summed E-state index contributed by atoms with van der Waals surface area (Å²) in [7, 11) is 0. The zero-order chi connectivity index (χ0) is 22.1. The first-order chi connectivity index (χ1) is 14.7. The van der Waals surface area contributed by atoms with Crippen LogP contribution in [0, 0.1) is 17.8 Å². The quantitative estimate of drug-likeness (QED) is 0.518. The van der Waals surface area contributed by atoms with Gasteiger partial charge < -0.3 is 20.1 Å². The monoisotopic (exact) mass is 443 g/mol. The standard InChI is InChI=1S/C21H32F3N5O2/c1-3-13(2)26-18-27-17(28-19(29-18)30-12-21(22,23)24)25-4-5-31-20-9-14-6-15(10-20)8-16(7-14)11-20/h13-16H,3-12H2,1-2H3,(H2,25,26,27,28,29)/t13-,14?,15?,16?,20?/m1/s1. The van der Waals surface area contributed by atoms with Crippen molar-refractivity contribution in [1.29, 1.82) is 0 Å². The van der Waals surface area contributed by atoms with Crippen LogP contribution in [0.4, 0.5) is 25.1 Å². The molecule has 10 heteroatoms. The molecular weight excluding hydrogens is 411 g/mol. The maximum absolute atomic E-state index is 12.5. The topological polar surface area (TPSA) is 81.2 Å². The van der Waals surface area contributed by atoms with Gasteiger partial charge in [0.1, 0.15) is 0 Å². The molecule has 1 aromatic rings. The number of hydrogen-bond acceptors (Lipinski definition) is 7. The van der Waals surface area contributed by atoms with Crippen molar-refractivity contribution in [3.05, 3.63) is 0 Å². The van der Waals surface area contributed by atoms with Crippen LogP contribution >= 0.6 is 0 Å². The Balaban J connectivity index is 1.33. The molecule has 0 unspecified atom stereocenters. The van der Waals surface area contributed by atoms with Crippen LogP contribution in [0.3, 0.4) is 0 Å². The van der Waals surface area contributed by atoms with E-state index in [9.17, 15) is 13.2 Å². The van der Waals surface area contributed by atoms with Crippen LogP contribution < -0.4 is 15.4 Å². The summed E-state index contributed by atoms with van der Waals surface area (Å²) in [6.07, 6.45) is 3.90. The Morgan fingerprint density at radius 1 is 1.03 bits per heavy atom. The van der Waals surface area contributed by atoms with Gasteiger partial charge in [-0.3, -0.25) is 0 Å². The van der Waals surface area contributed by atoms with Crippen molar-refractivity contribution < 1.29 is 22.6 Å². The molecule has 0 aliphatic heterocycles. The second-order valence-corrected chi connectivity index (χ2v) is 9.50. The number of rotatable bonds is 10. The second-order valence-electron chi connectivity index (χ2n) is 9.50. The average Bonchev–Trinajstić information content (AvgIpc) is 2.68. The maximum atomic E-state index is 12.5. The van der Waals surface area contributed by atoms with Crippen molar-refractivity contribution in [3.63, 3.8) is 0 Å². The molecule has 4 aliphatic carbocycles. The van der Waals surface area contributed by atoms with E-state index in [0.717, 1.165) is 43.4 Å². The molecule has 1 aromatic heterocycles. The highest BCUT2D eigenvalue weighted by atomic mass is 19.4. The highest BCUT2D eigenvalue weighted by Crippen LogP contribution is 2.57. The lowest BCUT2D eigenvalue weighted by molar-refractivity contribution is -0.159. The molecule has 0 amide bonds. The Morgan fingerprint density at radius 3 is 2.23 bits per heavy atom. The van der Waals surface area contributed by atoms with Crippen molar-refractivity contribution in [2.75, 3.05) is 30.4 Å². The van der Waals surface area contributed by atoms with Gasteiger partial charge in [-0.15, -0.1) is 0 Å². The minimum atomic E-state index is -4.46. The minimum absolute atomic E-state index is 0.0137. The number of alkyl halides is 3. The average molecular weight is 444 g/mol. The molecule has 174 valence electrons. The van der Waals surface area contributed by atoms with E-state index in [1.54, 1.807) is 0 Å². The molecule has 1 atom stereocenters. The summed E-state index contributed by atoms with van der Waals surface area (Å²) in [5, 5.41) is 6.11. The highest BCUT2D eigenvalue weighted by Gasteiger charge is 2.51. The lowest BCUT2D eigenvalue weighted by atomic mass is 9.54. The summed E-state index contributed by atoms with van der Waals surface area (Å²) >= 11 is 0. The van der Waals surface area contributed by atoms with Crippen molar-refractivity contribution in [2.45, 2.75) is 76.6 Å². The molecule has 0 aromatic carbocycles. The molecule has 0 spiro atoms. The summed E-state index contributed by atoms with van der Waals surface area (Å²) in [4.78, 5) is 12.2. The minimum Gasteiger partial charge on any atom is -0.454 e. The molecule has 7 nitrogen and oxygen atoms in total. The van der Waals surface area contributed by atoms with E-state index in [2.05, 4.69) is 25.6 Å². The third kappa shape index (κ3) is 5.90. The van der Waals surface area contributed by atoms with Gasteiger partial charge in [-0.2, -0.15) is 28.1 Å². The molecule has 5 rings (SSSR count). The Morgan fingerprint density at radius 2 is 1.65 bits per heavy atom. The van der Waals surface area contributed by atoms with Crippen LogP contribution in [0.15, 0.2) is 0 Å². The number of nitrogens with zero attached hydrogens (tertiary/aromatic N) is 3. The molecular formula is C21H32F3N5O2. The molecule has 4 bridgehead atoms. The molecule has 31 heavy (non-hydrogen) atoms. The molecule has 1 heterocycles. The first-order valence-corrected chi connectivity index (χ1v) is 11.3. The van der Waals surface area contributed by atoms with Crippen LogP contribution in [-0.2, 0) is 4.74 Å². The van der Waals surface area contributed by atoms with Gasteiger partial charge in [0.15, 0.2) is 6.61 Å². The summed E-state index contributed by atoms with van der Waals surface area (Å²) in [5.74, 6) is 2.79. The summed E-state index contributed by atoms with van der Waals surface area (Å²) in [6, 6.07) is -0.298. The summed E-state index contributed by atoms with van der Waals surface area (Å²) in [6.45, 7) is 3.44. The van der Waals surface area contributed by atoms with Crippen molar-refractivity contribution in [1.82, 2.24) is 15.0 Å². The van der Waals surface area contributed by atoms with Gasteiger partial charge in [0, 0.05) is 12.6 Å². The van der Waals surface area contributed by atoms with Crippen molar-refractivity contribution in [2.24, 2.45) is 17.8 Å². The van der Waals surface area contributed by atoms with Gasteiger partial charge >= 0.3 is 12.2 Å². The summed E-state index contributed by atoms with van der Waals surface area (Å²) in [5.41, 5.74) is 0.0137. The van der Waals surface area contributed by atoms with E-state index in [1.165, 1.54) is 19.3 Å². The number of halogens is 3. The predicted molar refractivity (Wildman–Crippen MR) is 110 cm³/mol. The van der Waals surface area contributed by atoms with E-state index in [0.29, 0.717) is 13.2 Å². The Hall–Kier alpha value is -1.84. The number of hydrogen-bond donors (Lipinski definition) is 2. The van der Waals surface area contributed by atoms with E-state index >= 15 is 0 Å². The number of nitrogens with one attached hydrogen (secondary N) is 2. The third-order valence-electron chi connectivity index (χ3n) is 6.74. The summed E-state index contributed by atoms with van der Waals surface area (Å²) < 4.78 is 48.7. The Labute approximate surface area is 180 Å². The fourth-order valence-corrected chi connectivity index (χ4v) is 5.67. The number of ether oxygens (including phenoxy) is 2. The predicted octanol–water partition coefficient (Wildman–Crippen LogP) is 4.42. The lowest BCUT2D eigenvalue weighted by Gasteiger charge is -2.56. The van der Waals surface area contributed by atoms with E-state index in [-0.39, 0.29) is 29.6 Å². The number of aromatic nitrogens is 3. The fraction of sp³-hybridized carbons (Fsp3) is 0.857. The van der Waals surface area contributed by atoms with Gasteiger partial charge in [0.05, 0.1) is 12.2 Å². The van der Waals surface area contributed by atoms with Crippen LogP contribution in [-0.4, -0.2) is 52.5 Å². The molecule has 2 N–H and O–H groups in total.